The molecule has 17 heavy (non-hydrogen) atoms. The van der Waals surface area contributed by atoms with Crippen LogP contribution in [0.5, 0.6) is 0 Å². The van der Waals surface area contributed by atoms with Crippen LogP contribution in [0.25, 0.3) is 0 Å². The lowest BCUT2D eigenvalue weighted by Crippen LogP contribution is -2.48. The zero-order valence-corrected chi connectivity index (χ0v) is 11.0. The zero-order chi connectivity index (χ0) is 12.5. The lowest BCUT2D eigenvalue weighted by atomic mass is 9.74. The van der Waals surface area contributed by atoms with Gasteiger partial charge in [0.25, 0.3) is 0 Å². The fourth-order valence-corrected chi connectivity index (χ4v) is 3.89. The van der Waals surface area contributed by atoms with E-state index in [9.17, 15) is 9.59 Å². The summed E-state index contributed by atoms with van der Waals surface area (Å²) in [6, 6.07) is -0.619. The third-order valence-electron chi connectivity index (χ3n) is 3.90. The van der Waals surface area contributed by atoms with Crippen molar-refractivity contribution in [3.05, 3.63) is 0 Å². The Morgan fingerprint density at radius 1 is 1.29 bits per heavy atom. The summed E-state index contributed by atoms with van der Waals surface area (Å²) in [5.74, 6) is 0.236. The number of carboxylic acids is 1. The molecule has 0 aromatic heterocycles. The molecule has 1 N–H and O–H groups in total. The number of carbonyl (C=O) groups is 2. The second-order valence-electron chi connectivity index (χ2n) is 5.25. The second-order valence-corrected chi connectivity index (χ2v) is 6.25. The number of carbonyl (C=O) groups excluding carboxylic acids is 1. The van der Waals surface area contributed by atoms with Crippen LogP contribution in [0.1, 0.15) is 39.0 Å². The Labute approximate surface area is 106 Å². The van der Waals surface area contributed by atoms with E-state index < -0.39 is 12.0 Å². The van der Waals surface area contributed by atoms with Gasteiger partial charge in [0.15, 0.2) is 0 Å². The molecule has 1 saturated carbocycles. The fourth-order valence-electron chi connectivity index (χ4n) is 2.74. The molecular formula is C12H19NO3S. The van der Waals surface area contributed by atoms with Gasteiger partial charge in [0.1, 0.15) is 6.04 Å². The molecule has 0 radical (unpaired) electrons. The lowest BCUT2D eigenvalue weighted by Gasteiger charge is -2.36. The minimum absolute atomic E-state index is 0.0506. The van der Waals surface area contributed by atoms with Gasteiger partial charge in [-0.25, -0.2) is 4.79 Å². The van der Waals surface area contributed by atoms with Crippen LogP contribution < -0.4 is 0 Å². The third-order valence-corrected chi connectivity index (χ3v) is 4.91. The van der Waals surface area contributed by atoms with Crippen LogP contribution >= 0.6 is 11.8 Å². The molecule has 5 heteroatoms. The molecule has 4 nitrogen and oxygen atoms in total. The summed E-state index contributed by atoms with van der Waals surface area (Å²) in [4.78, 5) is 25.2. The molecule has 0 aromatic carbocycles. The van der Waals surface area contributed by atoms with Gasteiger partial charge in [0.05, 0.1) is 5.88 Å². The van der Waals surface area contributed by atoms with Crippen molar-refractivity contribution in [2.24, 2.45) is 5.41 Å². The van der Waals surface area contributed by atoms with Crippen LogP contribution in [0.15, 0.2) is 0 Å². The molecular weight excluding hydrogens is 238 g/mol. The highest BCUT2D eigenvalue weighted by Gasteiger charge is 2.43. The number of amides is 1. The number of thioether (sulfide) groups is 1. The first-order valence-corrected chi connectivity index (χ1v) is 7.32. The average molecular weight is 257 g/mol. The maximum Gasteiger partial charge on any atom is 0.327 e. The van der Waals surface area contributed by atoms with Crippen molar-refractivity contribution in [3.63, 3.8) is 0 Å². The van der Waals surface area contributed by atoms with Gasteiger partial charge in [0.2, 0.25) is 5.91 Å². The van der Waals surface area contributed by atoms with Crippen LogP contribution in [-0.2, 0) is 9.59 Å². The second kappa shape index (κ2) is 4.88. The SMILES string of the molecule is CC1(C(=O)N2CSC[C@H]2C(=O)O)CCCCC1. The topological polar surface area (TPSA) is 57.6 Å². The van der Waals surface area contributed by atoms with Crippen LogP contribution in [0.3, 0.4) is 0 Å². The van der Waals surface area contributed by atoms with Gasteiger partial charge in [-0.3, -0.25) is 4.79 Å². The Kier molecular flexibility index (Phi) is 3.66. The van der Waals surface area contributed by atoms with E-state index in [1.54, 1.807) is 4.90 Å². The van der Waals surface area contributed by atoms with Gasteiger partial charge in [-0.15, -0.1) is 11.8 Å². The van der Waals surface area contributed by atoms with Crippen molar-refractivity contribution >= 4 is 23.6 Å². The van der Waals surface area contributed by atoms with E-state index in [0.717, 1.165) is 25.7 Å². The predicted octanol–water partition coefficient (Wildman–Crippen LogP) is 1.94. The summed E-state index contributed by atoms with van der Waals surface area (Å²) in [6.45, 7) is 2.00. The van der Waals surface area contributed by atoms with E-state index in [1.165, 1.54) is 18.2 Å². The monoisotopic (exact) mass is 257 g/mol. The minimum atomic E-state index is -0.872. The summed E-state index contributed by atoms with van der Waals surface area (Å²) < 4.78 is 0. The molecule has 1 amide bonds. The molecule has 1 aliphatic carbocycles. The smallest absolute Gasteiger partial charge is 0.327 e. The molecule has 1 heterocycles. The van der Waals surface area contributed by atoms with Crippen LogP contribution in [0, 0.1) is 5.41 Å². The average Bonchev–Trinajstić information content (AvgIpc) is 2.77. The lowest BCUT2D eigenvalue weighted by molar-refractivity contribution is -0.153. The summed E-state index contributed by atoms with van der Waals surface area (Å²) in [5.41, 5.74) is -0.323. The standard InChI is InChI=1S/C12H19NO3S/c1-12(5-3-2-4-6-12)11(16)13-8-17-7-9(13)10(14)15/h9H,2-8H2,1H3,(H,14,15)/t9-/m0/s1. The molecule has 2 fully saturated rings. The molecule has 1 aliphatic heterocycles. The zero-order valence-electron chi connectivity index (χ0n) is 10.1. The van der Waals surface area contributed by atoms with Gasteiger partial charge in [-0.1, -0.05) is 26.2 Å². The quantitative estimate of drug-likeness (QED) is 0.821. The predicted molar refractivity (Wildman–Crippen MR) is 66.8 cm³/mol. The van der Waals surface area contributed by atoms with Gasteiger partial charge >= 0.3 is 5.97 Å². The number of hydrogen-bond acceptors (Lipinski definition) is 3. The molecule has 2 aliphatic rings. The van der Waals surface area contributed by atoms with Gasteiger partial charge in [-0.2, -0.15) is 0 Å². The first-order valence-electron chi connectivity index (χ1n) is 6.16. The molecule has 1 saturated heterocycles. The van der Waals surface area contributed by atoms with Crippen molar-refractivity contribution in [1.29, 1.82) is 0 Å². The van der Waals surface area contributed by atoms with Gasteiger partial charge in [0, 0.05) is 11.2 Å². The summed E-state index contributed by atoms with van der Waals surface area (Å²) >= 11 is 1.53. The van der Waals surface area contributed by atoms with E-state index in [1.807, 2.05) is 6.92 Å². The van der Waals surface area contributed by atoms with Crippen molar-refractivity contribution in [2.45, 2.75) is 45.1 Å². The minimum Gasteiger partial charge on any atom is -0.480 e. The Morgan fingerprint density at radius 2 is 1.94 bits per heavy atom. The van der Waals surface area contributed by atoms with E-state index >= 15 is 0 Å². The van der Waals surface area contributed by atoms with E-state index in [0.29, 0.717) is 11.6 Å². The number of hydrogen-bond donors (Lipinski definition) is 1. The molecule has 1 atom stereocenters. The molecule has 0 spiro atoms. The third kappa shape index (κ3) is 2.44. The number of aliphatic carboxylic acids is 1. The van der Waals surface area contributed by atoms with Crippen LogP contribution in [0.2, 0.25) is 0 Å². The largest absolute Gasteiger partial charge is 0.480 e. The molecule has 0 bridgehead atoms. The number of rotatable bonds is 2. The van der Waals surface area contributed by atoms with Gasteiger partial charge in [-0.05, 0) is 12.8 Å². The molecule has 0 unspecified atom stereocenters. The van der Waals surface area contributed by atoms with Crippen molar-refractivity contribution in [1.82, 2.24) is 4.90 Å². The normalized spacial score (nSPS) is 28.1. The first kappa shape index (κ1) is 12.7. The number of carboxylic acid groups (broad SMARTS) is 1. The molecule has 96 valence electrons. The Balaban J connectivity index is 2.10. The Hall–Kier alpha value is -0.710. The van der Waals surface area contributed by atoms with E-state index in [4.69, 9.17) is 5.11 Å². The summed E-state index contributed by atoms with van der Waals surface area (Å²) in [6.07, 6.45) is 5.17. The van der Waals surface area contributed by atoms with E-state index in [2.05, 4.69) is 0 Å². The van der Waals surface area contributed by atoms with E-state index in [-0.39, 0.29) is 11.3 Å². The maximum absolute atomic E-state index is 12.5. The fraction of sp³-hybridized carbons (Fsp3) is 0.833. The highest BCUT2D eigenvalue weighted by Crippen LogP contribution is 2.39. The highest BCUT2D eigenvalue weighted by molar-refractivity contribution is 7.99. The Morgan fingerprint density at radius 3 is 2.53 bits per heavy atom. The van der Waals surface area contributed by atoms with Crippen molar-refractivity contribution < 1.29 is 14.7 Å². The summed E-state index contributed by atoms with van der Waals surface area (Å²) in [5, 5.41) is 9.11. The van der Waals surface area contributed by atoms with Crippen LogP contribution in [0.4, 0.5) is 0 Å². The number of nitrogens with zero attached hydrogens (tertiary/aromatic N) is 1. The molecule has 0 aromatic rings. The van der Waals surface area contributed by atoms with Crippen molar-refractivity contribution in [2.75, 3.05) is 11.6 Å². The summed E-state index contributed by atoms with van der Waals surface area (Å²) in [7, 11) is 0. The highest BCUT2D eigenvalue weighted by atomic mass is 32.2. The maximum atomic E-state index is 12.5. The Bertz CT molecular complexity index is 326. The van der Waals surface area contributed by atoms with Crippen molar-refractivity contribution in [3.8, 4) is 0 Å². The van der Waals surface area contributed by atoms with Gasteiger partial charge < -0.3 is 10.0 Å². The first-order chi connectivity index (χ1) is 8.04. The van der Waals surface area contributed by atoms with Crippen LogP contribution in [-0.4, -0.2) is 39.6 Å². The molecule has 2 rings (SSSR count).